The molecule has 2 rings (SSSR count). The number of nitrogens with two attached hydrogens (primary N) is 1. The van der Waals surface area contributed by atoms with Crippen molar-refractivity contribution in [1.82, 2.24) is 0 Å². The fourth-order valence-electron chi connectivity index (χ4n) is 3.05. The third-order valence-corrected chi connectivity index (χ3v) is 4.43. The molecule has 3 N–H and O–H groups in total. The number of rotatable bonds is 4. The van der Waals surface area contributed by atoms with Crippen molar-refractivity contribution in [1.29, 1.82) is 0 Å². The smallest absolute Gasteiger partial charge is 0.404 e. The predicted octanol–water partition coefficient (Wildman–Crippen LogP) is 3.92. The first kappa shape index (κ1) is 18.4. The first-order valence-corrected chi connectivity index (χ1v) is 8.87. The number of hydrogen-bond donors (Lipinski definition) is 2. The van der Waals surface area contributed by atoms with Gasteiger partial charge >= 0.3 is 6.09 Å². The van der Waals surface area contributed by atoms with Crippen LogP contribution in [-0.4, -0.2) is 17.8 Å². The van der Waals surface area contributed by atoms with E-state index in [4.69, 9.17) is 5.73 Å². The number of ether oxygens (including phenoxy) is 1. The Morgan fingerprint density at radius 2 is 1.96 bits per heavy atom. The molecule has 1 saturated carbocycles. The van der Waals surface area contributed by atoms with Crippen LogP contribution in [0.2, 0.25) is 0 Å². The van der Waals surface area contributed by atoms with Crippen LogP contribution in [0.3, 0.4) is 0 Å². The summed E-state index contributed by atoms with van der Waals surface area (Å²) in [5.41, 5.74) is 6.62. The molecule has 0 aliphatic heterocycles. The van der Waals surface area contributed by atoms with Gasteiger partial charge < -0.3 is 15.6 Å². The summed E-state index contributed by atoms with van der Waals surface area (Å²) in [6.45, 7) is 0.106. The molecule has 1 amide bonds. The Labute approximate surface area is 144 Å². The zero-order valence-corrected chi connectivity index (χ0v) is 14.2. The van der Waals surface area contributed by atoms with Crippen LogP contribution in [0.1, 0.15) is 68.6 Å². The largest absolute Gasteiger partial charge is 0.450 e. The van der Waals surface area contributed by atoms with Crippen LogP contribution < -0.4 is 5.73 Å². The van der Waals surface area contributed by atoms with Gasteiger partial charge in [-0.15, -0.1) is 0 Å². The average Bonchev–Trinajstić information content (AvgIpc) is 2.53. The van der Waals surface area contributed by atoms with E-state index in [0.29, 0.717) is 12.3 Å². The fourth-order valence-corrected chi connectivity index (χ4v) is 3.05. The standard InChI is InChI=1S/C20H27NO3/c21-20(23)24-14-13-19(22)18-10-6-9-17(15-18)12-11-16-7-4-2-1-3-5-8-16/h6,9-10,15-16,19,22H,1-5,7-8,13-14H2,(H2,21,23). The van der Waals surface area contributed by atoms with Crippen molar-refractivity contribution in [3.05, 3.63) is 35.4 Å². The first-order valence-electron chi connectivity index (χ1n) is 8.87. The minimum Gasteiger partial charge on any atom is -0.450 e. The second-order valence-corrected chi connectivity index (χ2v) is 6.41. The third-order valence-electron chi connectivity index (χ3n) is 4.43. The van der Waals surface area contributed by atoms with E-state index in [2.05, 4.69) is 16.6 Å². The van der Waals surface area contributed by atoms with Gasteiger partial charge in [0.15, 0.2) is 0 Å². The van der Waals surface area contributed by atoms with Gasteiger partial charge in [-0.3, -0.25) is 0 Å². The minimum atomic E-state index is -0.819. The van der Waals surface area contributed by atoms with Crippen molar-refractivity contribution in [2.45, 2.75) is 57.5 Å². The number of hydrogen-bond acceptors (Lipinski definition) is 3. The molecule has 24 heavy (non-hydrogen) atoms. The van der Waals surface area contributed by atoms with Crippen LogP contribution >= 0.6 is 0 Å². The molecule has 4 heteroatoms. The average molecular weight is 329 g/mol. The van der Waals surface area contributed by atoms with E-state index in [9.17, 15) is 9.90 Å². The third kappa shape index (κ3) is 6.64. The van der Waals surface area contributed by atoms with Gasteiger partial charge in [0.2, 0.25) is 0 Å². The number of carbonyl (C=O) groups excluding carboxylic acids is 1. The lowest BCUT2D eigenvalue weighted by molar-refractivity contribution is 0.111. The van der Waals surface area contributed by atoms with Crippen molar-refractivity contribution < 1.29 is 14.6 Å². The Hall–Kier alpha value is -1.99. The van der Waals surface area contributed by atoms with Crippen LogP contribution in [0, 0.1) is 17.8 Å². The number of carbonyl (C=O) groups is 1. The SMILES string of the molecule is NC(=O)OCCC(O)c1cccc(C#CC2CCCCCCC2)c1. The zero-order valence-electron chi connectivity index (χ0n) is 14.2. The minimum absolute atomic E-state index is 0.106. The maximum Gasteiger partial charge on any atom is 0.404 e. The van der Waals surface area contributed by atoms with Crippen LogP contribution in [0.5, 0.6) is 0 Å². The molecule has 0 bridgehead atoms. The lowest BCUT2D eigenvalue weighted by Gasteiger charge is -2.14. The van der Waals surface area contributed by atoms with E-state index in [-0.39, 0.29) is 6.61 Å². The van der Waals surface area contributed by atoms with Gasteiger partial charge in [-0.2, -0.15) is 0 Å². The molecule has 0 heterocycles. The highest BCUT2D eigenvalue weighted by Crippen LogP contribution is 2.22. The molecule has 1 aliphatic carbocycles. The summed E-state index contributed by atoms with van der Waals surface area (Å²) < 4.78 is 4.66. The molecule has 1 atom stereocenters. The van der Waals surface area contributed by atoms with Gasteiger partial charge in [-0.25, -0.2) is 4.79 Å². The molecule has 1 aliphatic rings. The van der Waals surface area contributed by atoms with Gasteiger partial charge in [0.1, 0.15) is 0 Å². The van der Waals surface area contributed by atoms with Gasteiger partial charge in [-0.05, 0) is 30.5 Å². The molecule has 0 aromatic heterocycles. The Morgan fingerprint density at radius 3 is 2.67 bits per heavy atom. The Balaban J connectivity index is 1.94. The summed E-state index contributed by atoms with van der Waals surface area (Å²) in [5, 5.41) is 10.2. The predicted molar refractivity (Wildman–Crippen MR) is 94.2 cm³/mol. The summed E-state index contributed by atoms with van der Waals surface area (Å²) in [6, 6.07) is 7.63. The highest BCUT2D eigenvalue weighted by molar-refractivity contribution is 5.64. The maximum absolute atomic E-state index is 10.6. The highest BCUT2D eigenvalue weighted by Gasteiger charge is 2.10. The molecular weight excluding hydrogens is 302 g/mol. The zero-order chi connectivity index (χ0) is 17.2. The normalized spacial score (nSPS) is 17.0. The monoisotopic (exact) mass is 329 g/mol. The molecule has 1 aromatic carbocycles. The van der Waals surface area contributed by atoms with Crippen molar-refractivity contribution in [3.63, 3.8) is 0 Å². The van der Waals surface area contributed by atoms with E-state index in [1.165, 1.54) is 44.9 Å². The van der Waals surface area contributed by atoms with Gasteiger partial charge in [0.25, 0.3) is 0 Å². The molecule has 130 valence electrons. The summed E-state index contributed by atoms with van der Waals surface area (Å²) in [4.78, 5) is 10.6. The second kappa shape index (κ2) is 10.00. The van der Waals surface area contributed by atoms with E-state index in [0.717, 1.165) is 11.1 Å². The number of aliphatic hydroxyl groups excluding tert-OH is 1. The molecule has 0 spiro atoms. The van der Waals surface area contributed by atoms with Gasteiger partial charge in [0.05, 0.1) is 12.7 Å². The van der Waals surface area contributed by atoms with Crippen molar-refractivity contribution in [3.8, 4) is 11.8 Å². The number of benzene rings is 1. The quantitative estimate of drug-likeness (QED) is 0.822. The highest BCUT2D eigenvalue weighted by atomic mass is 16.5. The van der Waals surface area contributed by atoms with Crippen LogP contribution in [0.15, 0.2) is 24.3 Å². The Kier molecular flexibility index (Phi) is 7.64. The van der Waals surface area contributed by atoms with E-state index < -0.39 is 12.2 Å². The maximum atomic E-state index is 10.6. The fraction of sp³-hybridized carbons (Fsp3) is 0.550. The van der Waals surface area contributed by atoms with Crippen molar-refractivity contribution >= 4 is 6.09 Å². The van der Waals surface area contributed by atoms with Crippen LogP contribution in [0.25, 0.3) is 0 Å². The topological polar surface area (TPSA) is 72.6 Å². The summed E-state index contributed by atoms with van der Waals surface area (Å²) in [6.07, 6.45) is 7.77. The Bertz CT molecular complexity index is 580. The molecule has 0 saturated heterocycles. The van der Waals surface area contributed by atoms with E-state index >= 15 is 0 Å². The summed E-state index contributed by atoms with van der Waals surface area (Å²) in [5.74, 6) is 7.17. The van der Waals surface area contributed by atoms with Crippen LogP contribution in [-0.2, 0) is 4.74 Å². The molecule has 4 nitrogen and oxygen atoms in total. The number of primary amides is 1. The van der Waals surface area contributed by atoms with Gasteiger partial charge in [0, 0.05) is 17.9 Å². The second-order valence-electron chi connectivity index (χ2n) is 6.41. The van der Waals surface area contributed by atoms with Crippen molar-refractivity contribution in [2.75, 3.05) is 6.61 Å². The van der Waals surface area contributed by atoms with E-state index in [1.807, 2.05) is 24.3 Å². The lowest BCUT2D eigenvalue weighted by Crippen LogP contribution is -2.15. The summed E-state index contributed by atoms with van der Waals surface area (Å²) in [7, 11) is 0. The van der Waals surface area contributed by atoms with Gasteiger partial charge in [-0.1, -0.05) is 56.1 Å². The first-order chi connectivity index (χ1) is 11.6. The molecule has 1 aromatic rings. The molecule has 1 unspecified atom stereocenters. The van der Waals surface area contributed by atoms with Crippen LogP contribution in [0.4, 0.5) is 4.79 Å². The van der Waals surface area contributed by atoms with E-state index in [1.54, 1.807) is 0 Å². The summed E-state index contributed by atoms with van der Waals surface area (Å²) >= 11 is 0. The Morgan fingerprint density at radius 1 is 1.25 bits per heavy atom. The number of amides is 1. The molecule has 0 radical (unpaired) electrons. The number of aliphatic hydroxyl groups is 1. The molecular formula is C20H27NO3. The molecule has 1 fully saturated rings. The van der Waals surface area contributed by atoms with Crippen molar-refractivity contribution in [2.24, 2.45) is 11.7 Å². The lowest BCUT2D eigenvalue weighted by atomic mass is 9.91.